The molecule has 4 nitrogen and oxygen atoms in total. The predicted molar refractivity (Wildman–Crippen MR) is 65.5 cm³/mol. The lowest BCUT2D eigenvalue weighted by Gasteiger charge is -2.25. The number of piperidine rings is 1. The van der Waals surface area contributed by atoms with E-state index in [4.69, 9.17) is 0 Å². The van der Waals surface area contributed by atoms with Crippen molar-refractivity contribution in [2.24, 2.45) is 5.92 Å². The van der Waals surface area contributed by atoms with Crippen LogP contribution < -0.4 is 10.2 Å². The van der Waals surface area contributed by atoms with E-state index in [1.54, 1.807) is 6.20 Å². The molecule has 1 aliphatic rings. The van der Waals surface area contributed by atoms with Gasteiger partial charge in [0.25, 0.3) is 0 Å². The van der Waals surface area contributed by atoms with Crippen LogP contribution in [0.4, 0.5) is 5.82 Å². The smallest absolute Gasteiger partial charge is 0.150 e. The van der Waals surface area contributed by atoms with Gasteiger partial charge in [-0.05, 0) is 50.4 Å². The van der Waals surface area contributed by atoms with Crippen LogP contribution in [0.2, 0.25) is 0 Å². The van der Waals surface area contributed by atoms with E-state index in [1.807, 2.05) is 12.1 Å². The van der Waals surface area contributed by atoms with Crippen molar-refractivity contribution in [3.63, 3.8) is 0 Å². The highest BCUT2D eigenvalue weighted by Gasteiger charge is 2.13. The van der Waals surface area contributed by atoms with Crippen LogP contribution in [0.15, 0.2) is 18.3 Å². The highest BCUT2D eigenvalue weighted by Crippen LogP contribution is 2.17. The molecule has 0 bridgehead atoms. The summed E-state index contributed by atoms with van der Waals surface area (Å²) in [6.45, 7) is 3.43. The lowest BCUT2D eigenvalue weighted by atomic mass is 9.94. The Morgan fingerprint density at radius 2 is 2.25 bits per heavy atom. The second kappa shape index (κ2) is 5.80. The molecule has 1 saturated heterocycles. The molecule has 1 fully saturated rings. The van der Waals surface area contributed by atoms with Crippen LogP contribution in [0.1, 0.15) is 19.3 Å². The number of nitrogens with one attached hydrogen (secondary N) is 1. The van der Waals surface area contributed by atoms with Gasteiger partial charge < -0.3 is 10.2 Å². The zero-order valence-corrected chi connectivity index (χ0v) is 9.89. The van der Waals surface area contributed by atoms with Crippen molar-refractivity contribution < 1.29 is 0 Å². The summed E-state index contributed by atoms with van der Waals surface area (Å²) in [5, 5.41) is 11.4. The molecule has 0 aliphatic carbocycles. The van der Waals surface area contributed by atoms with Crippen molar-refractivity contribution in [1.82, 2.24) is 15.5 Å². The molecule has 1 N–H and O–H groups in total. The summed E-state index contributed by atoms with van der Waals surface area (Å²) in [4.78, 5) is 2.19. The number of hydrogen-bond donors (Lipinski definition) is 1. The Hall–Kier alpha value is -1.16. The molecule has 1 aromatic heterocycles. The van der Waals surface area contributed by atoms with Crippen LogP contribution >= 0.6 is 0 Å². The van der Waals surface area contributed by atoms with Gasteiger partial charge in [0, 0.05) is 19.8 Å². The summed E-state index contributed by atoms with van der Waals surface area (Å²) in [5.41, 5.74) is 0. The fourth-order valence-corrected chi connectivity index (χ4v) is 2.16. The molecular formula is C12H20N4. The van der Waals surface area contributed by atoms with Crippen LogP contribution in [-0.4, -0.2) is 36.9 Å². The molecule has 1 aliphatic heterocycles. The number of hydrogen-bond acceptors (Lipinski definition) is 4. The normalized spacial score (nSPS) is 17.3. The van der Waals surface area contributed by atoms with Crippen molar-refractivity contribution in [2.75, 3.05) is 31.6 Å². The van der Waals surface area contributed by atoms with Gasteiger partial charge in [-0.25, -0.2) is 0 Å². The molecule has 0 saturated carbocycles. The van der Waals surface area contributed by atoms with Crippen molar-refractivity contribution in [2.45, 2.75) is 19.3 Å². The Morgan fingerprint density at radius 3 is 2.94 bits per heavy atom. The SMILES string of the molecule is CN(CCC1CCNCC1)c1cccnn1. The summed E-state index contributed by atoms with van der Waals surface area (Å²) in [6, 6.07) is 3.94. The Bertz CT molecular complexity index is 295. The van der Waals surface area contributed by atoms with Gasteiger partial charge in [0.05, 0.1) is 0 Å². The Labute approximate surface area is 97.1 Å². The van der Waals surface area contributed by atoms with Crippen molar-refractivity contribution >= 4 is 5.82 Å². The van der Waals surface area contributed by atoms with Crippen LogP contribution in [0.5, 0.6) is 0 Å². The van der Waals surface area contributed by atoms with Gasteiger partial charge in [-0.1, -0.05) is 0 Å². The van der Waals surface area contributed by atoms with Crippen molar-refractivity contribution in [1.29, 1.82) is 0 Å². The van der Waals surface area contributed by atoms with Gasteiger partial charge >= 0.3 is 0 Å². The summed E-state index contributed by atoms with van der Waals surface area (Å²) >= 11 is 0. The molecule has 16 heavy (non-hydrogen) atoms. The zero-order valence-electron chi connectivity index (χ0n) is 9.89. The molecule has 0 aromatic carbocycles. The first-order valence-corrected chi connectivity index (χ1v) is 6.06. The first-order chi connectivity index (χ1) is 7.86. The molecule has 2 heterocycles. The highest BCUT2D eigenvalue weighted by molar-refractivity contribution is 5.34. The molecular weight excluding hydrogens is 200 g/mol. The van der Waals surface area contributed by atoms with Gasteiger partial charge in [-0.3, -0.25) is 0 Å². The molecule has 0 unspecified atom stereocenters. The molecule has 0 spiro atoms. The second-order valence-corrected chi connectivity index (χ2v) is 4.49. The monoisotopic (exact) mass is 220 g/mol. The fraction of sp³-hybridized carbons (Fsp3) is 0.667. The molecule has 4 heteroatoms. The van der Waals surface area contributed by atoms with E-state index in [0.29, 0.717) is 0 Å². The summed E-state index contributed by atoms with van der Waals surface area (Å²) in [7, 11) is 2.09. The number of anilines is 1. The Kier molecular flexibility index (Phi) is 4.10. The third-order valence-electron chi connectivity index (χ3n) is 3.28. The lowest BCUT2D eigenvalue weighted by molar-refractivity contribution is 0.356. The quantitative estimate of drug-likeness (QED) is 0.830. The minimum atomic E-state index is 0.875. The standard InChI is InChI=1S/C12H20N4/c1-16(12-3-2-7-14-15-12)10-6-11-4-8-13-9-5-11/h2-3,7,11,13H,4-6,8-10H2,1H3. The third-order valence-corrected chi connectivity index (χ3v) is 3.28. The van der Waals surface area contributed by atoms with Crippen LogP contribution in [-0.2, 0) is 0 Å². The van der Waals surface area contributed by atoms with E-state index >= 15 is 0 Å². The van der Waals surface area contributed by atoms with E-state index < -0.39 is 0 Å². The number of rotatable bonds is 4. The second-order valence-electron chi connectivity index (χ2n) is 4.49. The Morgan fingerprint density at radius 1 is 1.44 bits per heavy atom. The first kappa shape index (κ1) is 11.3. The van der Waals surface area contributed by atoms with Crippen LogP contribution in [0.25, 0.3) is 0 Å². The largest absolute Gasteiger partial charge is 0.358 e. The highest BCUT2D eigenvalue weighted by atomic mass is 15.2. The maximum absolute atomic E-state index is 4.11. The molecule has 88 valence electrons. The van der Waals surface area contributed by atoms with Crippen molar-refractivity contribution in [3.8, 4) is 0 Å². The molecule has 0 radical (unpaired) electrons. The first-order valence-electron chi connectivity index (χ1n) is 6.06. The average molecular weight is 220 g/mol. The summed E-state index contributed by atoms with van der Waals surface area (Å²) < 4.78 is 0. The molecule has 0 amide bonds. The molecule has 1 aromatic rings. The van der Waals surface area contributed by atoms with Gasteiger partial charge in [0.2, 0.25) is 0 Å². The van der Waals surface area contributed by atoms with Crippen molar-refractivity contribution in [3.05, 3.63) is 18.3 Å². The maximum atomic E-state index is 4.11. The lowest BCUT2D eigenvalue weighted by Crippen LogP contribution is -2.30. The molecule has 0 atom stereocenters. The third kappa shape index (κ3) is 3.17. The van der Waals surface area contributed by atoms with E-state index in [9.17, 15) is 0 Å². The Balaban J connectivity index is 1.77. The van der Waals surface area contributed by atoms with E-state index in [0.717, 1.165) is 18.3 Å². The number of nitrogens with zero attached hydrogens (tertiary/aromatic N) is 3. The summed E-state index contributed by atoms with van der Waals surface area (Å²) in [5.74, 6) is 1.84. The number of aromatic nitrogens is 2. The van der Waals surface area contributed by atoms with Gasteiger partial charge in [-0.15, -0.1) is 5.10 Å². The van der Waals surface area contributed by atoms with Gasteiger partial charge in [0.1, 0.15) is 0 Å². The maximum Gasteiger partial charge on any atom is 0.150 e. The van der Waals surface area contributed by atoms with Gasteiger partial charge in [0.15, 0.2) is 5.82 Å². The van der Waals surface area contributed by atoms with Crippen LogP contribution in [0, 0.1) is 5.92 Å². The molecule has 2 rings (SSSR count). The van der Waals surface area contributed by atoms with Gasteiger partial charge in [-0.2, -0.15) is 5.10 Å². The average Bonchev–Trinajstić information content (AvgIpc) is 2.38. The summed E-state index contributed by atoms with van der Waals surface area (Å²) in [6.07, 6.45) is 5.60. The van der Waals surface area contributed by atoms with E-state index in [-0.39, 0.29) is 0 Å². The minimum absolute atomic E-state index is 0.875. The zero-order chi connectivity index (χ0) is 11.2. The topological polar surface area (TPSA) is 41.0 Å². The predicted octanol–water partition coefficient (Wildman–Crippen LogP) is 1.30. The van der Waals surface area contributed by atoms with E-state index in [1.165, 1.54) is 32.4 Å². The fourth-order valence-electron chi connectivity index (χ4n) is 2.16. The minimum Gasteiger partial charge on any atom is -0.358 e. The van der Waals surface area contributed by atoms with E-state index in [2.05, 4.69) is 27.5 Å². The van der Waals surface area contributed by atoms with Crippen LogP contribution in [0.3, 0.4) is 0 Å².